The number of halogens is 3. The van der Waals surface area contributed by atoms with Crippen LogP contribution in [0.4, 0.5) is 18.3 Å². The molecule has 0 atom stereocenters. The van der Waals surface area contributed by atoms with Crippen LogP contribution in [0.15, 0.2) is 18.2 Å². The van der Waals surface area contributed by atoms with Crippen molar-refractivity contribution in [3.05, 3.63) is 18.2 Å². The van der Waals surface area contributed by atoms with Crippen LogP contribution >= 0.6 is 11.3 Å². The molecule has 0 aliphatic rings. The van der Waals surface area contributed by atoms with Gasteiger partial charge in [0.25, 0.3) is 5.91 Å². The van der Waals surface area contributed by atoms with Crippen molar-refractivity contribution in [2.24, 2.45) is 0 Å². The Balaban J connectivity index is 2.26. The minimum atomic E-state index is -4.76. The molecule has 1 amide bonds. The van der Waals surface area contributed by atoms with E-state index in [1.165, 1.54) is 19.1 Å². The van der Waals surface area contributed by atoms with Crippen LogP contribution in [-0.4, -0.2) is 23.0 Å². The van der Waals surface area contributed by atoms with Gasteiger partial charge in [0.1, 0.15) is 5.75 Å². The molecule has 2 aromatic rings. The lowest BCUT2D eigenvalue weighted by Crippen LogP contribution is -2.18. The first-order chi connectivity index (χ1) is 9.24. The number of hydrogen-bond donors (Lipinski definition) is 2. The largest absolute Gasteiger partial charge is 0.573 e. The molecule has 2 rings (SSSR count). The number of carbonyl (C=O) groups is 1. The van der Waals surface area contributed by atoms with Crippen molar-refractivity contribution in [3.8, 4) is 5.75 Å². The van der Waals surface area contributed by atoms with Crippen LogP contribution in [0.2, 0.25) is 0 Å². The van der Waals surface area contributed by atoms with Gasteiger partial charge < -0.3 is 4.74 Å². The van der Waals surface area contributed by atoms with Crippen molar-refractivity contribution in [1.29, 1.82) is 5.41 Å². The molecule has 0 radical (unpaired) electrons. The lowest BCUT2D eigenvalue weighted by atomic mass is 10.3. The topological polar surface area (TPSA) is 75.1 Å². The number of amides is 1. The van der Waals surface area contributed by atoms with Crippen molar-refractivity contribution >= 4 is 38.3 Å². The van der Waals surface area contributed by atoms with Gasteiger partial charge in [-0.2, -0.15) is 0 Å². The number of nitrogens with one attached hydrogen (secondary N) is 2. The highest BCUT2D eigenvalue weighted by Gasteiger charge is 2.31. The molecule has 0 aliphatic carbocycles. The highest BCUT2D eigenvalue weighted by molar-refractivity contribution is 7.22. The summed E-state index contributed by atoms with van der Waals surface area (Å²) in [5.41, 5.74) is 0.243. The van der Waals surface area contributed by atoms with Crippen LogP contribution in [0.5, 0.6) is 5.75 Å². The van der Waals surface area contributed by atoms with Crippen LogP contribution in [0.1, 0.15) is 6.92 Å². The molecule has 1 heterocycles. The Morgan fingerprint density at radius 1 is 1.45 bits per heavy atom. The summed E-state index contributed by atoms with van der Waals surface area (Å²) in [6.45, 7) is 1.32. The minimum absolute atomic E-state index is 0.189. The van der Waals surface area contributed by atoms with Gasteiger partial charge in [0, 0.05) is 6.07 Å². The molecule has 0 aliphatic heterocycles. The Labute approximate surface area is 114 Å². The summed E-state index contributed by atoms with van der Waals surface area (Å²) >= 11 is 0.996. The van der Waals surface area contributed by atoms with E-state index in [2.05, 4.69) is 15.0 Å². The third kappa shape index (κ3) is 3.44. The van der Waals surface area contributed by atoms with E-state index in [-0.39, 0.29) is 16.6 Å². The van der Waals surface area contributed by atoms with Gasteiger partial charge in [-0.3, -0.25) is 15.5 Å². The average Bonchev–Trinajstić information content (AvgIpc) is 2.68. The van der Waals surface area contributed by atoms with Crippen LogP contribution in [0, 0.1) is 5.41 Å². The van der Waals surface area contributed by atoms with Crippen molar-refractivity contribution in [2.75, 3.05) is 5.32 Å². The first-order valence-corrected chi connectivity index (χ1v) is 6.09. The van der Waals surface area contributed by atoms with Gasteiger partial charge in [0.2, 0.25) is 0 Å². The summed E-state index contributed by atoms with van der Waals surface area (Å²) in [6.07, 6.45) is -4.76. The number of thiazole rings is 1. The van der Waals surface area contributed by atoms with E-state index in [0.29, 0.717) is 10.2 Å². The number of aromatic nitrogens is 1. The highest BCUT2D eigenvalue weighted by Crippen LogP contribution is 2.31. The normalized spacial score (nSPS) is 11.4. The number of alkyl halides is 3. The van der Waals surface area contributed by atoms with Gasteiger partial charge in [-0.15, -0.1) is 13.2 Å². The smallest absolute Gasteiger partial charge is 0.406 e. The molecule has 2 N–H and O–H groups in total. The number of ether oxygens (including phenoxy) is 1. The fraction of sp³-hybridized carbons (Fsp3) is 0.182. The minimum Gasteiger partial charge on any atom is -0.406 e. The SMILES string of the molecule is CC(=N)C(=O)Nc1nc2ccc(OC(F)(F)F)cc2s1. The number of carbonyl (C=O) groups excluding carboxylic acids is 1. The maximum atomic E-state index is 12.1. The second kappa shape index (κ2) is 5.08. The Morgan fingerprint density at radius 3 is 2.75 bits per heavy atom. The first-order valence-electron chi connectivity index (χ1n) is 5.27. The van der Waals surface area contributed by atoms with Crippen LogP contribution < -0.4 is 10.1 Å². The van der Waals surface area contributed by atoms with E-state index >= 15 is 0 Å². The first kappa shape index (κ1) is 14.3. The summed E-state index contributed by atoms with van der Waals surface area (Å²) in [5, 5.41) is 9.73. The maximum Gasteiger partial charge on any atom is 0.573 e. The molecular weight excluding hydrogens is 295 g/mol. The van der Waals surface area contributed by atoms with Crippen molar-refractivity contribution in [1.82, 2.24) is 4.98 Å². The second-order valence-corrected chi connectivity index (χ2v) is 4.81. The fourth-order valence-corrected chi connectivity index (χ4v) is 2.24. The maximum absolute atomic E-state index is 12.1. The van der Waals surface area contributed by atoms with Crippen molar-refractivity contribution < 1.29 is 22.7 Å². The van der Waals surface area contributed by atoms with Crippen molar-refractivity contribution in [3.63, 3.8) is 0 Å². The molecule has 0 unspecified atom stereocenters. The average molecular weight is 303 g/mol. The summed E-state index contributed by atoms with van der Waals surface area (Å²) in [6, 6.07) is 3.69. The van der Waals surface area contributed by atoms with Gasteiger partial charge in [-0.05, 0) is 19.1 Å². The Hall–Kier alpha value is -2.16. The van der Waals surface area contributed by atoms with Gasteiger partial charge in [0.15, 0.2) is 5.13 Å². The Kier molecular flexibility index (Phi) is 3.62. The molecule has 20 heavy (non-hydrogen) atoms. The predicted octanol–water partition coefficient (Wildman–Crippen LogP) is 3.17. The van der Waals surface area contributed by atoms with E-state index in [0.717, 1.165) is 17.4 Å². The summed E-state index contributed by atoms with van der Waals surface area (Å²) < 4.78 is 40.5. The molecule has 0 spiro atoms. The number of hydrogen-bond acceptors (Lipinski definition) is 5. The van der Waals surface area contributed by atoms with E-state index in [9.17, 15) is 18.0 Å². The van der Waals surface area contributed by atoms with E-state index in [1.54, 1.807) is 0 Å². The lowest BCUT2D eigenvalue weighted by molar-refractivity contribution is -0.274. The van der Waals surface area contributed by atoms with Crippen LogP contribution in [0.25, 0.3) is 10.2 Å². The van der Waals surface area contributed by atoms with E-state index in [1.807, 2.05) is 0 Å². The molecule has 1 aromatic carbocycles. The number of anilines is 1. The quantitative estimate of drug-likeness (QED) is 0.855. The molecule has 5 nitrogen and oxygen atoms in total. The number of rotatable bonds is 3. The second-order valence-electron chi connectivity index (χ2n) is 3.78. The summed E-state index contributed by atoms with van der Waals surface area (Å²) in [7, 11) is 0. The number of benzene rings is 1. The Morgan fingerprint density at radius 2 is 2.15 bits per heavy atom. The predicted molar refractivity (Wildman–Crippen MR) is 68.3 cm³/mol. The molecule has 0 bridgehead atoms. The molecule has 1 aromatic heterocycles. The molecule has 106 valence electrons. The van der Waals surface area contributed by atoms with Gasteiger partial charge >= 0.3 is 6.36 Å². The molecular formula is C11H8F3N3O2S. The van der Waals surface area contributed by atoms with E-state index in [4.69, 9.17) is 5.41 Å². The van der Waals surface area contributed by atoms with E-state index < -0.39 is 12.3 Å². The van der Waals surface area contributed by atoms with Crippen LogP contribution in [-0.2, 0) is 4.79 Å². The third-order valence-corrected chi connectivity index (χ3v) is 3.09. The summed E-state index contributed by atoms with van der Waals surface area (Å²) in [4.78, 5) is 15.3. The zero-order chi connectivity index (χ0) is 14.9. The third-order valence-electron chi connectivity index (χ3n) is 2.15. The lowest BCUT2D eigenvalue weighted by Gasteiger charge is -2.07. The molecule has 9 heteroatoms. The van der Waals surface area contributed by atoms with Crippen LogP contribution in [0.3, 0.4) is 0 Å². The number of nitrogens with zero attached hydrogens (tertiary/aromatic N) is 1. The van der Waals surface area contributed by atoms with Gasteiger partial charge in [-0.25, -0.2) is 4.98 Å². The standard InChI is InChI=1S/C11H8F3N3O2S/c1-5(15)9(18)17-10-16-7-3-2-6(4-8(7)20-10)19-11(12,13)14/h2-4,15H,1H3,(H,16,17,18). The van der Waals surface area contributed by atoms with Crippen molar-refractivity contribution in [2.45, 2.75) is 13.3 Å². The Bertz CT molecular complexity index is 681. The molecule has 0 saturated carbocycles. The van der Waals surface area contributed by atoms with Gasteiger partial charge in [0.05, 0.1) is 15.9 Å². The highest BCUT2D eigenvalue weighted by atomic mass is 32.1. The van der Waals surface area contributed by atoms with Gasteiger partial charge in [-0.1, -0.05) is 11.3 Å². The monoisotopic (exact) mass is 303 g/mol. The fourth-order valence-electron chi connectivity index (χ4n) is 1.35. The number of fused-ring (bicyclic) bond motifs is 1. The summed E-state index contributed by atoms with van der Waals surface area (Å²) in [5.74, 6) is -0.967. The molecule has 0 saturated heterocycles. The zero-order valence-electron chi connectivity index (χ0n) is 10.0. The molecule has 0 fully saturated rings. The zero-order valence-corrected chi connectivity index (χ0v) is 10.9.